The zero-order valence-corrected chi connectivity index (χ0v) is 23.3. The van der Waals surface area contributed by atoms with Gasteiger partial charge in [-0.15, -0.1) is 0 Å². The molecule has 2 aromatic rings. The van der Waals surface area contributed by atoms with Gasteiger partial charge in [-0.1, -0.05) is 12.1 Å². The topological polar surface area (TPSA) is 48.4 Å². The van der Waals surface area contributed by atoms with Crippen molar-refractivity contribution in [3.63, 3.8) is 0 Å². The number of allylic oxidation sites excluding steroid dienone is 1. The Kier molecular flexibility index (Phi) is 7.19. The van der Waals surface area contributed by atoms with Crippen molar-refractivity contribution in [1.82, 2.24) is 4.90 Å². The van der Waals surface area contributed by atoms with E-state index in [1.165, 1.54) is 34.3 Å². The maximum absolute atomic E-state index is 13.3. The Labute approximate surface area is 224 Å². The lowest BCUT2D eigenvalue weighted by atomic mass is 9.88. The second-order valence-corrected chi connectivity index (χ2v) is 11.2. The van der Waals surface area contributed by atoms with Crippen LogP contribution in [0.25, 0.3) is 11.6 Å². The van der Waals surface area contributed by atoms with Crippen LogP contribution in [0.5, 0.6) is 0 Å². The van der Waals surface area contributed by atoms with Gasteiger partial charge in [0, 0.05) is 43.1 Å². The van der Waals surface area contributed by atoms with E-state index >= 15 is 0 Å². The molecule has 0 aliphatic carbocycles. The number of anilines is 2. The van der Waals surface area contributed by atoms with E-state index in [2.05, 4.69) is 73.9 Å². The smallest absolute Gasteiger partial charge is 0.266 e. The Hall–Kier alpha value is -3.03. The van der Waals surface area contributed by atoms with Crippen LogP contribution in [-0.4, -0.2) is 60.9 Å². The molecular weight excluding hydrogens is 480 g/mol. The summed E-state index contributed by atoms with van der Waals surface area (Å²) in [7, 11) is 0. The molecule has 2 aromatic carbocycles. The first-order valence-electron chi connectivity index (χ1n) is 13.1. The molecule has 37 heavy (non-hydrogen) atoms. The summed E-state index contributed by atoms with van der Waals surface area (Å²) in [5.74, 6) is 0.0116. The molecule has 0 radical (unpaired) electrons. The van der Waals surface area contributed by atoms with Gasteiger partial charge in [0.1, 0.15) is 0 Å². The van der Waals surface area contributed by atoms with Crippen LogP contribution in [0.3, 0.4) is 0 Å². The molecule has 3 aliphatic heterocycles. The molecule has 3 heterocycles. The highest BCUT2D eigenvalue weighted by atomic mass is 32.2. The zero-order valence-electron chi connectivity index (χ0n) is 22.5. The van der Waals surface area contributed by atoms with Gasteiger partial charge < -0.3 is 14.5 Å². The fourth-order valence-electron chi connectivity index (χ4n) is 5.46. The summed E-state index contributed by atoms with van der Waals surface area (Å²) in [6, 6.07) is 14.8. The third-order valence-corrected chi connectivity index (χ3v) is 8.28. The first kappa shape index (κ1) is 25.6. The minimum absolute atomic E-state index is 0.0116. The summed E-state index contributed by atoms with van der Waals surface area (Å²) in [4.78, 5) is 25.3. The highest BCUT2D eigenvalue weighted by Crippen LogP contribution is 2.40. The Balaban J connectivity index is 1.39. The third-order valence-electron chi connectivity index (χ3n) is 7.27. The van der Waals surface area contributed by atoms with E-state index in [-0.39, 0.29) is 11.4 Å². The number of hydrogen-bond acceptors (Lipinski definition) is 6. The fourth-order valence-corrected chi connectivity index (χ4v) is 6.52. The van der Waals surface area contributed by atoms with Crippen molar-refractivity contribution in [1.29, 1.82) is 0 Å². The normalized spacial score (nSPS) is 21.6. The summed E-state index contributed by atoms with van der Waals surface area (Å²) in [5, 5.41) is 0.728. The average Bonchev–Trinajstić information content (AvgIpc) is 3.18. The van der Waals surface area contributed by atoms with Gasteiger partial charge in [-0.2, -0.15) is 0 Å². The van der Waals surface area contributed by atoms with Gasteiger partial charge in [0.25, 0.3) is 5.91 Å². The van der Waals surface area contributed by atoms with E-state index in [4.69, 9.17) is 9.73 Å². The van der Waals surface area contributed by atoms with Gasteiger partial charge in [-0.3, -0.25) is 9.69 Å². The monoisotopic (exact) mass is 516 g/mol. The maximum Gasteiger partial charge on any atom is 0.266 e. The van der Waals surface area contributed by atoms with Crippen molar-refractivity contribution < 1.29 is 9.53 Å². The molecule has 0 spiro atoms. The molecule has 0 N–H and O–H groups in total. The van der Waals surface area contributed by atoms with Gasteiger partial charge in [0.15, 0.2) is 5.17 Å². The van der Waals surface area contributed by atoms with E-state index in [0.29, 0.717) is 11.4 Å². The molecule has 0 atom stereocenters. The predicted molar refractivity (Wildman–Crippen MR) is 157 cm³/mol. The molecule has 194 valence electrons. The molecule has 3 aliphatic rings. The van der Waals surface area contributed by atoms with Gasteiger partial charge >= 0.3 is 0 Å². The van der Waals surface area contributed by atoms with Crippen molar-refractivity contribution in [3.05, 3.63) is 64.6 Å². The number of benzene rings is 2. The summed E-state index contributed by atoms with van der Waals surface area (Å²) < 4.78 is 5.46. The van der Waals surface area contributed by atoms with Crippen molar-refractivity contribution >= 4 is 51.5 Å². The Morgan fingerprint density at radius 1 is 1.05 bits per heavy atom. The number of amides is 1. The number of hydrogen-bond donors (Lipinski definition) is 0. The third kappa shape index (κ3) is 5.07. The predicted octanol–water partition coefficient (Wildman–Crippen LogP) is 6.17. The molecule has 0 unspecified atom stereocenters. The van der Waals surface area contributed by atoms with E-state index in [9.17, 15) is 4.79 Å². The second-order valence-electron chi connectivity index (χ2n) is 10.2. The molecule has 6 nitrogen and oxygen atoms in total. The fraction of sp³-hybridized carbons (Fsp3) is 0.400. The number of amidine groups is 1. The number of rotatable bonds is 5. The first-order chi connectivity index (χ1) is 17.8. The number of carbonyl (C=O) groups excluding carboxylic acids is 1. The number of likely N-dealkylation sites (N-methyl/N-ethyl adjacent to an activating group) is 2. The van der Waals surface area contributed by atoms with Crippen LogP contribution in [0.1, 0.15) is 45.7 Å². The molecule has 2 fully saturated rings. The maximum atomic E-state index is 13.3. The number of carbonyl (C=O) groups is 1. The number of fused-ring (bicyclic) bond motifs is 1. The minimum Gasteiger partial charge on any atom is -0.378 e. The molecule has 7 heteroatoms. The highest BCUT2D eigenvalue weighted by Gasteiger charge is 2.33. The van der Waals surface area contributed by atoms with E-state index in [0.717, 1.165) is 49.3 Å². The van der Waals surface area contributed by atoms with Crippen molar-refractivity contribution in [2.24, 2.45) is 4.99 Å². The largest absolute Gasteiger partial charge is 0.378 e. The van der Waals surface area contributed by atoms with E-state index in [1.54, 1.807) is 4.90 Å². The van der Waals surface area contributed by atoms with E-state index < -0.39 is 0 Å². The zero-order chi connectivity index (χ0) is 26.2. The lowest BCUT2D eigenvalue weighted by Gasteiger charge is -2.42. The SMILES string of the molecule is CCN1C(=O)/C(=C/c2ccc3c(c2)C(C)=CC(C)(C)N3CC)SC1=Nc1ccc(N2CCOCC2)cc1. The number of thioether (sulfide) groups is 1. The second kappa shape index (κ2) is 10.4. The minimum atomic E-state index is -0.0174. The highest BCUT2D eigenvalue weighted by molar-refractivity contribution is 8.18. The van der Waals surface area contributed by atoms with Crippen LogP contribution < -0.4 is 9.80 Å². The van der Waals surface area contributed by atoms with Crippen LogP contribution in [0.4, 0.5) is 17.1 Å². The summed E-state index contributed by atoms with van der Waals surface area (Å²) in [6.07, 6.45) is 4.34. The van der Waals surface area contributed by atoms with E-state index in [1.807, 2.05) is 25.1 Å². The van der Waals surface area contributed by atoms with Crippen LogP contribution in [0.15, 0.2) is 58.4 Å². The van der Waals surface area contributed by atoms with Gasteiger partial charge in [0.05, 0.1) is 29.3 Å². The molecule has 0 aromatic heterocycles. The number of nitrogens with zero attached hydrogens (tertiary/aromatic N) is 4. The summed E-state index contributed by atoms with van der Waals surface area (Å²) in [5.41, 5.74) is 6.79. The van der Waals surface area contributed by atoms with Crippen molar-refractivity contribution in [2.75, 3.05) is 49.2 Å². The van der Waals surface area contributed by atoms with Crippen LogP contribution in [0, 0.1) is 0 Å². The lowest BCUT2D eigenvalue weighted by Crippen LogP contribution is -2.44. The number of aliphatic imine (C=N–C) groups is 1. The molecule has 0 bridgehead atoms. The number of ether oxygens (including phenoxy) is 1. The molecule has 5 rings (SSSR count). The Morgan fingerprint density at radius 2 is 1.78 bits per heavy atom. The lowest BCUT2D eigenvalue weighted by molar-refractivity contribution is -0.122. The summed E-state index contributed by atoms with van der Waals surface area (Å²) >= 11 is 1.45. The van der Waals surface area contributed by atoms with Crippen LogP contribution >= 0.6 is 11.8 Å². The molecule has 0 saturated carbocycles. The van der Waals surface area contributed by atoms with Crippen LogP contribution in [-0.2, 0) is 9.53 Å². The Bertz CT molecular complexity index is 1270. The van der Waals surface area contributed by atoms with Crippen molar-refractivity contribution in [2.45, 2.75) is 40.2 Å². The van der Waals surface area contributed by atoms with Gasteiger partial charge in [-0.25, -0.2) is 4.99 Å². The summed E-state index contributed by atoms with van der Waals surface area (Å²) in [6.45, 7) is 15.7. The molecular formula is C30H36N4O2S. The van der Waals surface area contributed by atoms with Crippen molar-refractivity contribution in [3.8, 4) is 0 Å². The molecule has 1 amide bonds. The quantitative estimate of drug-likeness (QED) is 0.445. The number of morpholine rings is 1. The average molecular weight is 517 g/mol. The van der Waals surface area contributed by atoms with Crippen LogP contribution in [0.2, 0.25) is 0 Å². The molecule has 2 saturated heterocycles. The standard InChI is InChI=1S/C30H36N4O2S/c1-6-33-28(35)27(19-22-8-13-26-25(18-22)21(3)20-30(4,5)34(26)7-2)37-29(33)31-23-9-11-24(12-10-23)32-14-16-36-17-15-32/h8-13,18-20H,6-7,14-17H2,1-5H3/b27-19-,31-29?. The first-order valence-corrected chi connectivity index (χ1v) is 14.0. The van der Waals surface area contributed by atoms with Gasteiger partial charge in [0.2, 0.25) is 0 Å². The van der Waals surface area contributed by atoms with Gasteiger partial charge in [-0.05, 0) is 100.0 Å². The Morgan fingerprint density at radius 3 is 2.46 bits per heavy atom.